The molecule has 0 radical (unpaired) electrons. The van der Waals surface area contributed by atoms with Gasteiger partial charge in [0, 0.05) is 11.6 Å². The Labute approximate surface area is 104 Å². The van der Waals surface area contributed by atoms with Crippen LogP contribution in [-0.2, 0) is 6.42 Å². The average Bonchev–Trinajstić information content (AvgIpc) is 2.94. The third-order valence-corrected chi connectivity index (χ3v) is 3.92. The van der Waals surface area contributed by atoms with Gasteiger partial charge in [0.25, 0.3) is 0 Å². The summed E-state index contributed by atoms with van der Waals surface area (Å²) in [4.78, 5) is 20.9. The van der Waals surface area contributed by atoms with Crippen molar-refractivity contribution < 1.29 is 4.79 Å². The molecule has 0 N–H and O–H groups in total. The summed E-state index contributed by atoms with van der Waals surface area (Å²) >= 11 is 1.52. The summed E-state index contributed by atoms with van der Waals surface area (Å²) in [5.74, 6) is 0.0273. The number of Topliss-reactive ketones (excluding diaryl/α,β-unsaturated/α-hetero) is 1. The SMILES string of the molecule is Cc1nc(C(=O)C2CCc3cccnc32)cs1. The van der Waals surface area contributed by atoms with Crippen molar-refractivity contribution in [2.24, 2.45) is 0 Å². The minimum atomic E-state index is -0.0901. The number of aromatic nitrogens is 2. The minimum Gasteiger partial charge on any atom is -0.292 e. The third-order valence-electron chi connectivity index (χ3n) is 3.15. The summed E-state index contributed by atoms with van der Waals surface area (Å²) in [6, 6.07) is 3.99. The smallest absolute Gasteiger partial charge is 0.191 e. The quantitative estimate of drug-likeness (QED) is 0.763. The van der Waals surface area contributed by atoms with E-state index in [0.717, 1.165) is 23.5 Å². The Bertz CT molecular complexity index is 576. The molecule has 1 atom stereocenters. The zero-order valence-corrected chi connectivity index (χ0v) is 10.3. The van der Waals surface area contributed by atoms with Gasteiger partial charge in [0.05, 0.1) is 16.6 Å². The highest BCUT2D eigenvalue weighted by Crippen LogP contribution is 2.33. The molecule has 2 aromatic heterocycles. The highest BCUT2D eigenvalue weighted by atomic mass is 32.1. The van der Waals surface area contributed by atoms with E-state index in [4.69, 9.17) is 0 Å². The largest absolute Gasteiger partial charge is 0.292 e. The first kappa shape index (κ1) is 10.6. The topological polar surface area (TPSA) is 42.9 Å². The molecule has 3 nitrogen and oxygen atoms in total. The first-order valence-corrected chi connectivity index (χ1v) is 6.54. The van der Waals surface area contributed by atoms with E-state index in [1.807, 2.05) is 18.4 Å². The number of carbonyl (C=O) groups is 1. The standard InChI is InChI=1S/C13H12N2OS/c1-8-15-11(7-17-8)13(16)10-5-4-9-3-2-6-14-12(9)10/h2-3,6-7,10H,4-5H2,1H3. The van der Waals surface area contributed by atoms with Crippen molar-refractivity contribution >= 4 is 17.1 Å². The molecule has 0 aromatic carbocycles. The predicted molar refractivity (Wildman–Crippen MR) is 66.5 cm³/mol. The van der Waals surface area contributed by atoms with Gasteiger partial charge in [-0.05, 0) is 31.4 Å². The van der Waals surface area contributed by atoms with Crippen LogP contribution in [0.1, 0.15) is 39.1 Å². The zero-order chi connectivity index (χ0) is 11.8. The van der Waals surface area contributed by atoms with E-state index in [1.54, 1.807) is 6.20 Å². The fraction of sp³-hybridized carbons (Fsp3) is 0.308. The maximum atomic E-state index is 12.3. The normalized spacial score (nSPS) is 18.1. The lowest BCUT2D eigenvalue weighted by Gasteiger charge is -2.06. The van der Waals surface area contributed by atoms with Gasteiger partial charge in [0.15, 0.2) is 5.78 Å². The second-order valence-corrected chi connectivity index (χ2v) is 5.32. The zero-order valence-electron chi connectivity index (χ0n) is 9.51. The van der Waals surface area contributed by atoms with Crippen molar-refractivity contribution in [3.63, 3.8) is 0 Å². The molecule has 2 aromatic rings. The number of thiazole rings is 1. The lowest BCUT2D eigenvalue weighted by molar-refractivity contribution is 0.0954. The van der Waals surface area contributed by atoms with Crippen LogP contribution >= 0.6 is 11.3 Å². The molecule has 1 aliphatic carbocycles. The Morgan fingerprint density at radius 1 is 1.53 bits per heavy atom. The summed E-state index contributed by atoms with van der Waals surface area (Å²) in [6.07, 6.45) is 3.57. The number of pyridine rings is 1. The molecule has 0 amide bonds. The number of rotatable bonds is 2. The number of ketones is 1. The van der Waals surface area contributed by atoms with Gasteiger partial charge in [0.1, 0.15) is 5.69 Å². The summed E-state index contributed by atoms with van der Waals surface area (Å²) in [5.41, 5.74) is 2.75. The monoisotopic (exact) mass is 244 g/mol. The Balaban J connectivity index is 1.95. The molecule has 0 bridgehead atoms. The molecule has 1 unspecified atom stereocenters. The molecule has 4 heteroatoms. The van der Waals surface area contributed by atoms with Crippen molar-refractivity contribution in [3.05, 3.63) is 45.7 Å². The van der Waals surface area contributed by atoms with Crippen LogP contribution < -0.4 is 0 Å². The Kier molecular flexibility index (Phi) is 2.52. The lowest BCUT2D eigenvalue weighted by Crippen LogP contribution is -2.11. The van der Waals surface area contributed by atoms with Crippen LogP contribution in [0.5, 0.6) is 0 Å². The summed E-state index contributed by atoms with van der Waals surface area (Å²) in [7, 11) is 0. The van der Waals surface area contributed by atoms with E-state index in [1.165, 1.54) is 16.9 Å². The van der Waals surface area contributed by atoms with Gasteiger partial charge in [-0.25, -0.2) is 4.98 Å². The van der Waals surface area contributed by atoms with E-state index in [0.29, 0.717) is 5.69 Å². The molecule has 0 saturated heterocycles. The minimum absolute atomic E-state index is 0.0901. The van der Waals surface area contributed by atoms with E-state index in [2.05, 4.69) is 16.0 Å². The molecule has 0 aliphatic heterocycles. The predicted octanol–water partition coefficient (Wildman–Crippen LogP) is 2.76. The fourth-order valence-corrected chi connectivity index (χ4v) is 2.93. The number of hydrogen-bond donors (Lipinski definition) is 0. The number of carbonyl (C=O) groups excluding carboxylic acids is 1. The highest BCUT2D eigenvalue weighted by molar-refractivity contribution is 7.09. The van der Waals surface area contributed by atoms with E-state index >= 15 is 0 Å². The van der Waals surface area contributed by atoms with Crippen LogP contribution in [0.2, 0.25) is 0 Å². The van der Waals surface area contributed by atoms with E-state index in [-0.39, 0.29) is 11.7 Å². The van der Waals surface area contributed by atoms with Gasteiger partial charge >= 0.3 is 0 Å². The van der Waals surface area contributed by atoms with Crippen molar-refractivity contribution in [2.75, 3.05) is 0 Å². The number of nitrogens with zero attached hydrogens (tertiary/aromatic N) is 2. The Morgan fingerprint density at radius 2 is 2.41 bits per heavy atom. The molecule has 0 saturated carbocycles. The maximum Gasteiger partial charge on any atom is 0.191 e. The Hall–Kier alpha value is -1.55. The van der Waals surface area contributed by atoms with Gasteiger partial charge < -0.3 is 0 Å². The fourth-order valence-electron chi connectivity index (χ4n) is 2.32. The summed E-state index contributed by atoms with van der Waals surface area (Å²) < 4.78 is 0. The second kappa shape index (κ2) is 4.04. The number of aryl methyl sites for hydroxylation is 2. The number of hydrogen-bond acceptors (Lipinski definition) is 4. The molecule has 0 spiro atoms. The van der Waals surface area contributed by atoms with Crippen molar-refractivity contribution in [1.29, 1.82) is 0 Å². The van der Waals surface area contributed by atoms with E-state index < -0.39 is 0 Å². The van der Waals surface area contributed by atoms with Crippen LogP contribution in [0.3, 0.4) is 0 Å². The first-order chi connectivity index (χ1) is 8.25. The summed E-state index contributed by atoms with van der Waals surface area (Å²) in [5, 5.41) is 2.78. The van der Waals surface area contributed by atoms with Crippen molar-refractivity contribution in [3.8, 4) is 0 Å². The van der Waals surface area contributed by atoms with Gasteiger partial charge in [0.2, 0.25) is 0 Å². The van der Waals surface area contributed by atoms with Crippen LogP contribution in [0.25, 0.3) is 0 Å². The second-order valence-electron chi connectivity index (χ2n) is 4.26. The highest BCUT2D eigenvalue weighted by Gasteiger charge is 2.31. The summed E-state index contributed by atoms with van der Waals surface area (Å²) in [6.45, 7) is 1.92. The Morgan fingerprint density at radius 3 is 3.18 bits per heavy atom. The van der Waals surface area contributed by atoms with Crippen molar-refractivity contribution in [1.82, 2.24) is 9.97 Å². The number of fused-ring (bicyclic) bond motifs is 1. The average molecular weight is 244 g/mol. The van der Waals surface area contributed by atoms with Crippen LogP contribution in [0.4, 0.5) is 0 Å². The van der Waals surface area contributed by atoms with Gasteiger partial charge in [-0.2, -0.15) is 0 Å². The maximum absolute atomic E-state index is 12.3. The van der Waals surface area contributed by atoms with Gasteiger partial charge in [-0.3, -0.25) is 9.78 Å². The molecular weight excluding hydrogens is 232 g/mol. The molecule has 17 heavy (non-hydrogen) atoms. The molecule has 86 valence electrons. The van der Waals surface area contributed by atoms with Crippen LogP contribution in [-0.4, -0.2) is 15.8 Å². The molecular formula is C13H12N2OS. The lowest BCUT2D eigenvalue weighted by atomic mass is 9.99. The van der Waals surface area contributed by atoms with Crippen molar-refractivity contribution in [2.45, 2.75) is 25.7 Å². The van der Waals surface area contributed by atoms with Gasteiger partial charge in [-0.15, -0.1) is 11.3 Å². The van der Waals surface area contributed by atoms with E-state index in [9.17, 15) is 4.79 Å². The van der Waals surface area contributed by atoms with Crippen LogP contribution in [0, 0.1) is 6.92 Å². The third kappa shape index (κ3) is 1.78. The van der Waals surface area contributed by atoms with Gasteiger partial charge in [-0.1, -0.05) is 6.07 Å². The van der Waals surface area contributed by atoms with Crippen LogP contribution in [0.15, 0.2) is 23.7 Å². The molecule has 3 rings (SSSR count). The molecule has 0 fully saturated rings. The molecule has 2 heterocycles. The first-order valence-electron chi connectivity index (χ1n) is 5.66. The molecule has 1 aliphatic rings.